The number of aromatic nitrogens is 1. The molecular weight excluding hydrogens is 219 g/mol. The van der Waals surface area contributed by atoms with Crippen molar-refractivity contribution < 1.29 is 9.50 Å². The molecule has 2 rings (SSSR count). The number of benzene rings is 1. The fourth-order valence-electron chi connectivity index (χ4n) is 1.52. The summed E-state index contributed by atoms with van der Waals surface area (Å²) in [4.78, 5) is 4.05. The smallest absolute Gasteiger partial charge is 0.165 e. The van der Waals surface area contributed by atoms with Gasteiger partial charge in [0.25, 0.3) is 0 Å². The number of halogens is 1. The number of phenolic OH excluding ortho intramolecular Hbond substituents is 1. The second-order valence-electron chi connectivity index (χ2n) is 3.89. The number of pyridine rings is 1. The lowest BCUT2D eigenvalue weighted by Gasteiger charge is -2.07. The summed E-state index contributed by atoms with van der Waals surface area (Å²) in [5.41, 5.74) is 2.71. The van der Waals surface area contributed by atoms with Crippen LogP contribution in [0.2, 0.25) is 0 Å². The van der Waals surface area contributed by atoms with Gasteiger partial charge in [-0.1, -0.05) is 6.07 Å². The minimum absolute atomic E-state index is 0.328. The Hall–Kier alpha value is -2.10. The lowest BCUT2D eigenvalue weighted by molar-refractivity contribution is 0.432. The van der Waals surface area contributed by atoms with Gasteiger partial charge in [0, 0.05) is 18.9 Å². The van der Waals surface area contributed by atoms with E-state index in [9.17, 15) is 4.39 Å². The summed E-state index contributed by atoms with van der Waals surface area (Å²) in [5, 5.41) is 12.2. The Morgan fingerprint density at radius 2 is 2.12 bits per heavy atom. The standard InChI is InChI=1S/C13H13FN2O/c1-9-4-11(8-15-6-9)16-7-10-2-3-13(17)12(14)5-10/h2-6,8,16-17H,7H2,1H3. The van der Waals surface area contributed by atoms with Gasteiger partial charge in [-0.2, -0.15) is 0 Å². The Morgan fingerprint density at radius 1 is 1.29 bits per heavy atom. The van der Waals surface area contributed by atoms with Crippen molar-refractivity contribution in [1.82, 2.24) is 4.98 Å². The zero-order valence-electron chi connectivity index (χ0n) is 9.44. The van der Waals surface area contributed by atoms with Crippen molar-refractivity contribution >= 4 is 5.69 Å². The number of aryl methyl sites for hydroxylation is 1. The van der Waals surface area contributed by atoms with Gasteiger partial charge in [-0.15, -0.1) is 0 Å². The normalized spacial score (nSPS) is 10.2. The Morgan fingerprint density at radius 3 is 2.82 bits per heavy atom. The van der Waals surface area contributed by atoms with Crippen LogP contribution in [0.4, 0.5) is 10.1 Å². The minimum Gasteiger partial charge on any atom is -0.505 e. The maximum Gasteiger partial charge on any atom is 0.165 e. The highest BCUT2D eigenvalue weighted by Gasteiger charge is 2.01. The van der Waals surface area contributed by atoms with Gasteiger partial charge in [0.05, 0.1) is 5.69 Å². The van der Waals surface area contributed by atoms with Crippen LogP contribution in [0.25, 0.3) is 0 Å². The predicted molar refractivity (Wildman–Crippen MR) is 64.4 cm³/mol. The molecule has 0 aliphatic heterocycles. The topological polar surface area (TPSA) is 45.2 Å². The highest BCUT2D eigenvalue weighted by Crippen LogP contribution is 2.17. The van der Waals surface area contributed by atoms with Crippen LogP contribution >= 0.6 is 0 Å². The van der Waals surface area contributed by atoms with Gasteiger partial charge >= 0.3 is 0 Å². The molecule has 0 unspecified atom stereocenters. The molecule has 0 amide bonds. The molecule has 0 atom stereocenters. The lowest BCUT2D eigenvalue weighted by Crippen LogP contribution is -2.00. The number of rotatable bonds is 3. The SMILES string of the molecule is Cc1cncc(NCc2ccc(O)c(F)c2)c1. The van der Waals surface area contributed by atoms with E-state index < -0.39 is 5.82 Å². The number of aromatic hydroxyl groups is 1. The van der Waals surface area contributed by atoms with Crippen LogP contribution in [0.15, 0.2) is 36.7 Å². The van der Waals surface area contributed by atoms with Crippen molar-refractivity contribution in [3.8, 4) is 5.75 Å². The average molecular weight is 232 g/mol. The molecule has 0 saturated carbocycles. The van der Waals surface area contributed by atoms with Crippen molar-refractivity contribution in [2.75, 3.05) is 5.32 Å². The van der Waals surface area contributed by atoms with Crippen molar-refractivity contribution in [2.45, 2.75) is 13.5 Å². The first-order chi connectivity index (χ1) is 8.15. The third kappa shape index (κ3) is 2.93. The lowest BCUT2D eigenvalue weighted by atomic mass is 10.2. The van der Waals surface area contributed by atoms with Gasteiger partial charge < -0.3 is 10.4 Å². The molecule has 2 N–H and O–H groups in total. The predicted octanol–water partition coefficient (Wildman–Crippen LogP) is 2.85. The molecule has 88 valence electrons. The molecule has 0 aliphatic rings. The summed E-state index contributed by atoms with van der Waals surface area (Å²) < 4.78 is 13.1. The van der Waals surface area contributed by atoms with Gasteiger partial charge in [0.15, 0.2) is 11.6 Å². The van der Waals surface area contributed by atoms with Crippen LogP contribution in [-0.2, 0) is 6.54 Å². The maximum atomic E-state index is 13.1. The molecule has 0 radical (unpaired) electrons. The molecule has 3 nitrogen and oxygen atoms in total. The quantitative estimate of drug-likeness (QED) is 0.855. The van der Waals surface area contributed by atoms with Crippen molar-refractivity contribution in [3.05, 3.63) is 53.6 Å². The molecule has 0 saturated heterocycles. The summed E-state index contributed by atoms with van der Waals surface area (Å²) in [6.45, 7) is 2.45. The largest absolute Gasteiger partial charge is 0.505 e. The van der Waals surface area contributed by atoms with E-state index in [1.54, 1.807) is 18.5 Å². The van der Waals surface area contributed by atoms with E-state index >= 15 is 0 Å². The molecule has 1 heterocycles. The zero-order chi connectivity index (χ0) is 12.3. The molecular formula is C13H13FN2O. The molecule has 0 aliphatic carbocycles. The number of phenols is 1. The van der Waals surface area contributed by atoms with E-state index in [4.69, 9.17) is 5.11 Å². The first kappa shape index (κ1) is 11.4. The summed E-state index contributed by atoms with van der Waals surface area (Å²) in [6.07, 6.45) is 3.48. The van der Waals surface area contributed by atoms with E-state index in [0.29, 0.717) is 6.54 Å². The fourth-order valence-corrected chi connectivity index (χ4v) is 1.52. The number of hydrogen-bond donors (Lipinski definition) is 2. The Labute approximate surface area is 98.9 Å². The third-order valence-corrected chi connectivity index (χ3v) is 2.38. The molecule has 0 spiro atoms. The molecule has 4 heteroatoms. The van der Waals surface area contributed by atoms with E-state index in [2.05, 4.69) is 10.3 Å². The zero-order valence-corrected chi connectivity index (χ0v) is 9.44. The monoisotopic (exact) mass is 232 g/mol. The summed E-state index contributed by atoms with van der Waals surface area (Å²) in [5.74, 6) is -0.933. The Bertz CT molecular complexity index is 529. The van der Waals surface area contributed by atoms with Crippen LogP contribution in [0.1, 0.15) is 11.1 Å². The second kappa shape index (κ2) is 4.82. The van der Waals surface area contributed by atoms with Gasteiger partial charge in [-0.05, 0) is 36.2 Å². The number of anilines is 1. The molecule has 1 aromatic carbocycles. The van der Waals surface area contributed by atoms with E-state index in [1.807, 2.05) is 13.0 Å². The fraction of sp³-hybridized carbons (Fsp3) is 0.154. The summed E-state index contributed by atoms with van der Waals surface area (Å²) >= 11 is 0. The minimum atomic E-state index is -0.605. The third-order valence-electron chi connectivity index (χ3n) is 2.38. The maximum absolute atomic E-state index is 13.1. The summed E-state index contributed by atoms with van der Waals surface area (Å²) in [7, 11) is 0. The van der Waals surface area contributed by atoms with E-state index in [1.165, 1.54) is 12.1 Å². The number of nitrogens with zero attached hydrogens (tertiary/aromatic N) is 1. The van der Waals surface area contributed by atoms with Gasteiger partial charge in [-0.25, -0.2) is 4.39 Å². The van der Waals surface area contributed by atoms with Crippen LogP contribution in [-0.4, -0.2) is 10.1 Å². The van der Waals surface area contributed by atoms with Crippen molar-refractivity contribution in [3.63, 3.8) is 0 Å². The highest BCUT2D eigenvalue weighted by molar-refractivity contribution is 5.43. The van der Waals surface area contributed by atoms with Crippen molar-refractivity contribution in [2.24, 2.45) is 0 Å². The molecule has 0 fully saturated rings. The Kier molecular flexibility index (Phi) is 3.23. The second-order valence-corrected chi connectivity index (χ2v) is 3.89. The van der Waals surface area contributed by atoms with Crippen molar-refractivity contribution in [1.29, 1.82) is 0 Å². The first-order valence-electron chi connectivity index (χ1n) is 5.28. The van der Waals surface area contributed by atoms with E-state index in [0.717, 1.165) is 16.8 Å². The van der Waals surface area contributed by atoms with Gasteiger partial charge in [0.1, 0.15) is 0 Å². The number of nitrogens with one attached hydrogen (secondary N) is 1. The molecule has 2 aromatic rings. The van der Waals surface area contributed by atoms with Crippen LogP contribution in [0, 0.1) is 12.7 Å². The Balaban J connectivity index is 2.05. The molecule has 17 heavy (non-hydrogen) atoms. The molecule has 0 bridgehead atoms. The van der Waals surface area contributed by atoms with Gasteiger partial charge in [-0.3, -0.25) is 4.98 Å². The average Bonchev–Trinajstić information content (AvgIpc) is 2.31. The van der Waals surface area contributed by atoms with Crippen LogP contribution in [0.5, 0.6) is 5.75 Å². The highest BCUT2D eigenvalue weighted by atomic mass is 19.1. The van der Waals surface area contributed by atoms with Gasteiger partial charge in [0.2, 0.25) is 0 Å². The van der Waals surface area contributed by atoms with Crippen LogP contribution in [0.3, 0.4) is 0 Å². The first-order valence-corrected chi connectivity index (χ1v) is 5.28. The van der Waals surface area contributed by atoms with E-state index in [-0.39, 0.29) is 5.75 Å². The molecule has 1 aromatic heterocycles. The number of hydrogen-bond acceptors (Lipinski definition) is 3. The summed E-state index contributed by atoms with van der Waals surface area (Å²) in [6, 6.07) is 6.30. The van der Waals surface area contributed by atoms with Crippen LogP contribution < -0.4 is 5.32 Å².